The summed E-state index contributed by atoms with van der Waals surface area (Å²) in [5.41, 5.74) is 0. The number of carbonyl (C=O) groups is 2. The highest BCUT2D eigenvalue weighted by Gasteiger charge is 2.56. The first kappa shape index (κ1) is 15.5. The second kappa shape index (κ2) is 7.80. The second-order valence-corrected chi connectivity index (χ2v) is 6.48. The minimum absolute atomic E-state index is 0.0459. The Morgan fingerprint density at radius 3 is 2.00 bits per heavy atom. The summed E-state index contributed by atoms with van der Waals surface area (Å²) in [6.07, 6.45) is 11.3. The topological polar surface area (TPSA) is 43.4 Å². The van der Waals surface area contributed by atoms with Crippen molar-refractivity contribution in [2.45, 2.75) is 71.1 Å². The molecule has 0 N–H and O–H groups in total. The average Bonchev–Trinajstić information content (AvgIpc) is 3.10. The number of esters is 1. The average molecular weight is 280 g/mol. The van der Waals surface area contributed by atoms with E-state index in [4.69, 9.17) is 4.74 Å². The number of ether oxygens (including phenoxy) is 1. The smallest absolute Gasteiger partial charge is 0.309 e. The van der Waals surface area contributed by atoms with Crippen molar-refractivity contribution in [2.75, 3.05) is 6.61 Å². The first-order valence-corrected chi connectivity index (χ1v) is 8.41. The van der Waals surface area contributed by atoms with Gasteiger partial charge in [0.2, 0.25) is 0 Å². The van der Waals surface area contributed by atoms with Gasteiger partial charge in [-0.05, 0) is 18.8 Å². The molecule has 0 bridgehead atoms. The molecule has 1 aliphatic heterocycles. The molecule has 0 spiro atoms. The molecule has 3 heteroatoms. The van der Waals surface area contributed by atoms with Crippen LogP contribution < -0.4 is 0 Å². The second-order valence-electron chi connectivity index (χ2n) is 6.48. The van der Waals surface area contributed by atoms with Crippen LogP contribution in [-0.2, 0) is 14.3 Å². The van der Waals surface area contributed by atoms with Crippen molar-refractivity contribution in [1.29, 1.82) is 0 Å². The summed E-state index contributed by atoms with van der Waals surface area (Å²) in [5.74, 6) is 0.158. The Morgan fingerprint density at radius 1 is 0.800 bits per heavy atom. The quantitative estimate of drug-likeness (QED) is 0.632. The Morgan fingerprint density at radius 2 is 1.35 bits per heavy atom. The number of hydrogen-bond donors (Lipinski definition) is 0. The van der Waals surface area contributed by atoms with Gasteiger partial charge in [-0.15, -0.1) is 0 Å². The zero-order chi connectivity index (χ0) is 14.4. The minimum atomic E-state index is -0.143. The molecule has 2 fully saturated rings. The Hall–Kier alpha value is -0.860. The molecule has 0 aromatic rings. The van der Waals surface area contributed by atoms with Gasteiger partial charge in [0, 0.05) is 12.3 Å². The van der Waals surface area contributed by atoms with Crippen LogP contribution in [0.25, 0.3) is 0 Å². The summed E-state index contributed by atoms with van der Waals surface area (Å²) in [6, 6.07) is 0. The van der Waals surface area contributed by atoms with E-state index in [1.54, 1.807) is 0 Å². The summed E-state index contributed by atoms with van der Waals surface area (Å²) in [7, 11) is 0. The van der Waals surface area contributed by atoms with Gasteiger partial charge in [0.05, 0.1) is 12.5 Å². The molecule has 0 radical (unpaired) electrons. The lowest BCUT2D eigenvalue weighted by Crippen LogP contribution is -2.12. The minimum Gasteiger partial charge on any atom is -0.465 e. The number of cyclic esters (lactones) is 1. The van der Waals surface area contributed by atoms with Crippen molar-refractivity contribution in [3.05, 3.63) is 0 Å². The van der Waals surface area contributed by atoms with E-state index in [0.29, 0.717) is 13.0 Å². The maximum atomic E-state index is 12.1. The molecule has 1 aliphatic carbocycles. The van der Waals surface area contributed by atoms with Crippen LogP contribution in [0.5, 0.6) is 0 Å². The van der Waals surface area contributed by atoms with Crippen LogP contribution in [0.4, 0.5) is 0 Å². The van der Waals surface area contributed by atoms with E-state index in [1.807, 2.05) is 6.92 Å². The maximum absolute atomic E-state index is 12.1. The van der Waals surface area contributed by atoms with Crippen LogP contribution in [0.3, 0.4) is 0 Å². The third kappa shape index (κ3) is 4.32. The van der Waals surface area contributed by atoms with Gasteiger partial charge in [-0.25, -0.2) is 0 Å². The third-order valence-electron chi connectivity index (χ3n) is 4.83. The molecule has 0 aromatic heterocycles. The highest BCUT2D eigenvalue weighted by molar-refractivity contribution is 5.92. The van der Waals surface area contributed by atoms with E-state index in [2.05, 4.69) is 0 Å². The first-order valence-electron chi connectivity index (χ1n) is 8.41. The molecule has 1 saturated carbocycles. The van der Waals surface area contributed by atoms with E-state index >= 15 is 0 Å². The Labute approximate surface area is 122 Å². The van der Waals surface area contributed by atoms with Crippen molar-refractivity contribution in [1.82, 2.24) is 0 Å². The van der Waals surface area contributed by atoms with Crippen LogP contribution in [0.2, 0.25) is 0 Å². The van der Waals surface area contributed by atoms with Crippen LogP contribution in [0.1, 0.15) is 71.1 Å². The molecule has 2 rings (SSSR count). The van der Waals surface area contributed by atoms with Crippen molar-refractivity contribution < 1.29 is 14.3 Å². The van der Waals surface area contributed by atoms with E-state index in [1.165, 1.54) is 32.1 Å². The number of hydrogen-bond acceptors (Lipinski definition) is 3. The van der Waals surface area contributed by atoms with Gasteiger partial charge in [0.15, 0.2) is 0 Å². The van der Waals surface area contributed by atoms with Gasteiger partial charge in [0.1, 0.15) is 5.78 Å². The van der Waals surface area contributed by atoms with Crippen molar-refractivity contribution in [2.24, 2.45) is 17.8 Å². The zero-order valence-corrected chi connectivity index (χ0v) is 12.7. The van der Waals surface area contributed by atoms with Gasteiger partial charge >= 0.3 is 5.97 Å². The summed E-state index contributed by atoms with van der Waals surface area (Å²) >= 11 is 0. The van der Waals surface area contributed by atoms with E-state index in [-0.39, 0.29) is 29.5 Å². The molecule has 20 heavy (non-hydrogen) atoms. The number of fused-ring (bicyclic) bond motifs is 1. The molecule has 3 nitrogen and oxygen atoms in total. The lowest BCUT2D eigenvalue weighted by Gasteiger charge is -2.06. The molecule has 3 atom stereocenters. The summed E-state index contributed by atoms with van der Waals surface area (Å²) < 4.78 is 5.32. The highest BCUT2D eigenvalue weighted by Crippen LogP contribution is 2.48. The fourth-order valence-corrected chi connectivity index (χ4v) is 3.39. The number of ketones is 1. The zero-order valence-electron chi connectivity index (χ0n) is 12.7. The van der Waals surface area contributed by atoms with Gasteiger partial charge in [0.25, 0.3) is 0 Å². The van der Waals surface area contributed by atoms with Crippen LogP contribution in [-0.4, -0.2) is 18.4 Å². The van der Waals surface area contributed by atoms with Gasteiger partial charge in [-0.2, -0.15) is 0 Å². The molecule has 114 valence electrons. The Bertz CT molecular complexity index is 305. The van der Waals surface area contributed by atoms with Gasteiger partial charge < -0.3 is 4.74 Å². The predicted octanol–water partition coefficient (Wildman–Crippen LogP) is 3.90. The van der Waals surface area contributed by atoms with E-state index < -0.39 is 0 Å². The number of rotatable bonds is 0. The largest absolute Gasteiger partial charge is 0.465 e. The van der Waals surface area contributed by atoms with Crippen molar-refractivity contribution in [3.8, 4) is 0 Å². The highest BCUT2D eigenvalue weighted by atomic mass is 16.5. The monoisotopic (exact) mass is 280 g/mol. The normalized spacial score (nSPS) is 34.1. The van der Waals surface area contributed by atoms with Crippen LogP contribution in [0.15, 0.2) is 0 Å². The molecule has 0 aromatic carbocycles. The first-order chi connectivity index (χ1) is 9.72. The van der Waals surface area contributed by atoms with Gasteiger partial charge in [-0.1, -0.05) is 51.9 Å². The van der Waals surface area contributed by atoms with Crippen LogP contribution in [0, 0.1) is 17.8 Å². The Balaban J connectivity index is 1.81. The summed E-state index contributed by atoms with van der Waals surface area (Å²) in [5, 5.41) is 0. The molecule has 2 aliphatic rings. The third-order valence-corrected chi connectivity index (χ3v) is 4.83. The molecular weight excluding hydrogens is 252 g/mol. The standard InChI is InChI=1S/C17H28O3/c1-13-15-14(18)11-9-7-5-3-2-4-6-8-10-12-20-17(19)16(13)15/h13,15-16H,2-12H2,1H3/t13-,15-,16+/m0/s1. The van der Waals surface area contributed by atoms with Gasteiger partial charge in [-0.3, -0.25) is 9.59 Å². The maximum Gasteiger partial charge on any atom is 0.309 e. The van der Waals surface area contributed by atoms with E-state index in [9.17, 15) is 9.59 Å². The van der Waals surface area contributed by atoms with Crippen molar-refractivity contribution in [3.63, 3.8) is 0 Å². The lowest BCUT2D eigenvalue weighted by atomic mass is 10.0. The van der Waals surface area contributed by atoms with Crippen molar-refractivity contribution >= 4 is 11.8 Å². The predicted molar refractivity (Wildman–Crippen MR) is 78.3 cm³/mol. The Kier molecular flexibility index (Phi) is 6.06. The summed E-state index contributed by atoms with van der Waals surface area (Å²) in [6.45, 7) is 2.53. The molecule has 1 heterocycles. The summed E-state index contributed by atoms with van der Waals surface area (Å²) in [4.78, 5) is 24.0. The van der Waals surface area contributed by atoms with E-state index in [0.717, 1.165) is 25.7 Å². The SMILES string of the molecule is C[C@H]1[C@H]2C(=O)CCCCCCCCCCCOC(=O)[C@H]12. The number of carbonyl (C=O) groups excluding carboxylic acids is 2. The molecule has 0 amide bonds. The number of Topliss-reactive ketones (excluding diaryl/α,β-unsaturated/α-hetero) is 1. The molecular formula is C17H28O3. The fourth-order valence-electron chi connectivity index (χ4n) is 3.39. The molecule has 1 saturated heterocycles. The fraction of sp³-hybridized carbons (Fsp3) is 0.882. The van der Waals surface area contributed by atoms with Crippen LogP contribution >= 0.6 is 0 Å². The molecule has 0 unspecified atom stereocenters. The lowest BCUT2D eigenvalue weighted by molar-refractivity contribution is -0.146.